The molecule has 0 atom stereocenters. The lowest BCUT2D eigenvalue weighted by atomic mass is 10.2. The van der Waals surface area contributed by atoms with Crippen LogP contribution in [0.4, 0.5) is 8.78 Å². The standard InChI is InChI=1S/C9H8F2N2O/c1-5-3-6(9(10)11)13-7(4-12)8(5)14-2/h3,9H,1-2H3. The van der Waals surface area contributed by atoms with E-state index in [2.05, 4.69) is 4.98 Å². The van der Waals surface area contributed by atoms with Crippen LogP contribution in [0.2, 0.25) is 0 Å². The first-order valence-electron chi connectivity index (χ1n) is 3.84. The fourth-order valence-electron chi connectivity index (χ4n) is 1.13. The van der Waals surface area contributed by atoms with Crippen LogP contribution in [-0.2, 0) is 0 Å². The molecule has 1 rings (SSSR count). The maximum Gasteiger partial charge on any atom is 0.280 e. The second-order valence-corrected chi connectivity index (χ2v) is 2.66. The van der Waals surface area contributed by atoms with Crippen LogP contribution in [0.15, 0.2) is 6.07 Å². The first kappa shape index (κ1) is 10.4. The average Bonchev–Trinajstić information content (AvgIpc) is 2.16. The molecule has 0 aliphatic rings. The van der Waals surface area contributed by atoms with E-state index in [4.69, 9.17) is 10.00 Å². The summed E-state index contributed by atoms with van der Waals surface area (Å²) in [5.74, 6) is 0.247. The number of ether oxygens (including phenoxy) is 1. The number of hydrogen-bond donors (Lipinski definition) is 0. The molecule has 0 fully saturated rings. The molecule has 0 amide bonds. The highest BCUT2D eigenvalue weighted by atomic mass is 19.3. The van der Waals surface area contributed by atoms with Crippen molar-refractivity contribution in [2.24, 2.45) is 0 Å². The fraction of sp³-hybridized carbons (Fsp3) is 0.333. The second-order valence-electron chi connectivity index (χ2n) is 2.66. The zero-order chi connectivity index (χ0) is 10.7. The zero-order valence-electron chi connectivity index (χ0n) is 7.71. The quantitative estimate of drug-likeness (QED) is 0.731. The Balaban J connectivity index is 3.33. The summed E-state index contributed by atoms with van der Waals surface area (Å²) in [6.45, 7) is 1.59. The molecule has 0 saturated carbocycles. The van der Waals surface area contributed by atoms with E-state index in [0.29, 0.717) is 5.56 Å². The third kappa shape index (κ3) is 1.79. The molecule has 0 bridgehead atoms. The Labute approximate surface area is 79.9 Å². The van der Waals surface area contributed by atoms with Crippen molar-refractivity contribution in [2.45, 2.75) is 13.3 Å². The lowest BCUT2D eigenvalue weighted by molar-refractivity contribution is 0.145. The Morgan fingerprint density at radius 3 is 2.64 bits per heavy atom. The van der Waals surface area contributed by atoms with Crippen molar-refractivity contribution in [1.82, 2.24) is 4.98 Å². The van der Waals surface area contributed by atoms with Gasteiger partial charge in [0.1, 0.15) is 11.8 Å². The maximum absolute atomic E-state index is 12.3. The van der Waals surface area contributed by atoms with Crippen molar-refractivity contribution in [3.63, 3.8) is 0 Å². The van der Waals surface area contributed by atoms with Gasteiger partial charge >= 0.3 is 0 Å². The van der Waals surface area contributed by atoms with Crippen LogP contribution in [0.3, 0.4) is 0 Å². The van der Waals surface area contributed by atoms with Crippen LogP contribution < -0.4 is 4.74 Å². The number of halogens is 2. The van der Waals surface area contributed by atoms with E-state index in [9.17, 15) is 8.78 Å². The number of hydrogen-bond acceptors (Lipinski definition) is 3. The third-order valence-corrected chi connectivity index (χ3v) is 1.71. The Morgan fingerprint density at radius 2 is 2.21 bits per heavy atom. The van der Waals surface area contributed by atoms with Gasteiger partial charge in [-0.15, -0.1) is 0 Å². The van der Waals surface area contributed by atoms with Crippen LogP contribution in [0.25, 0.3) is 0 Å². The monoisotopic (exact) mass is 198 g/mol. The van der Waals surface area contributed by atoms with Gasteiger partial charge in [-0.05, 0) is 18.6 Å². The number of nitrogens with zero attached hydrogens (tertiary/aromatic N) is 2. The molecule has 0 spiro atoms. The molecule has 1 heterocycles. The summed E-state index contributed by atoms with van der Waals surface area (Å²) in [4.78, 5) is 3.49. The molecule has 0 saturated heterocycles. The first-order valence-corrected chi connectivity index (χ1v) is 3.84. The number of alkyl halides is 2. The SMILES string of the molecule is COc1c(C)cc(C(F)F)nc1C#N. The van der Waals surface area contributed by atoms with Crippen LogP contribution in [-0.4, -0.2) is 12.1 Å². The van der Waals surface area contributed by atoms with E-state index >= 15 is 0 Å². The molecular formula is C9H8F2N2O. The minimum absolute atomic E-state index is 0.109. The van der Waals surface area contributed by atoms with Crippen molar-refractivity contribution in [3.05, 3.63) is 23.0 Å². The zero-order valence-corrected chi connectivity index (χ0v) is 7.71. The number of aromatic nitrogens is 1. The van der Waals surface area contributed by atoms with E-state index in [-0.39, 0.29) is 11.4 Å². The minimum Gasteiger partial charge on any atom is -0.493 e. The smallest absolute Gasteiger partial charge is 0.280 e. The van der Waals surface area contributed by atoms with Crippen molar-refractivity contribution in [3.8, 4) is 11.8 Å². The van der Waals surface area contributed by atoms with E-state index in [1.54, 1.807) is 13.0 Å². The molecule has 5 heteroatoms. The summed E-state index contributed by atoms with van der Waals surface area (Å²) in [6, 6.07) is 2.93. The Bertz CT molecular complexity index is 385. The van der Waals surface area contributed by atoms with Crippen molar-refractivity contribution in [2.75, 3.05) is 7.11 Å². The highest BCUT2D eigenvalue weighted by molar-refractivity contribution is 5.44. The van der Waals surface area contributed by atoms with Crippen molar-refractivity contribution >= 4 is 0 Å². The number of pyridine rings is 1. The molecule has 74 valence electrons. The Morgan fingerprint density at radius 1 is 1.57 bits per heavy atom. The van der Waals surface area contributed by atoms with E-state index in [0.717, 1.165) is 0 Å². The van der Waals surface area contributed by atoms with E-state index < -0.39 is 12.1 Å². The molecule has 14 heavy (non-hydrogen) atoms. The van der Waals surface area contributed by atoms with Gasteiger partial charge in [-0.1, -0.05) is 0 Å². The summed E-state index contributed by atoms with van der Waals surface area (Å²) >= 11 is 0. The lowest BCUT2D eigenvalue weighted by Crippen LogP contribution is -1.99. The van der Waals surface area contributed by atoms with Crippen LogP contribution in [0.1, 0.15) is 23.4 Å². The van der Waals surface area contributed by atoms with Crippen LogP contribution >= 0.6 is 0 Å². The van der Waals surface area contributed by atoms with E-state index in [1.165, 1.54) is 13.2 Å². The molecule has 0 radical (unpaired) electrons. The summed E-state index contributed by atoms with van der Waals surface area (Å²) in [6.07, 6.45) is -2.67. The van der Waals surface area contributed by atoms with Gasteiger partial charge in [-0.25, -0.2) is 13.8 Å². The third-order valence-electron chi connectivity index (χ3n) is 1.71. The number of methoxy groups -OCH3 is 1. The molecule has 3 nitrogen and oxygen atoms in total. The molecule has 0 aromatic carbocycles. The van der Waals surface area contributed by atoms with Crippen molar-refractivity contribution in [1.29, 1.82) is 5.26 Å². The molecule has 0 aliphatic carbocycles. The second kappa shape index (κ2) is 4.01. The van der Waals surface area contributed by atoms with Gasteiger partial charge in [0.25, 0.3) is 6.43 Å². The van der Waals surface area contributed by atoms with Gasteiger partial charge in [0, 0.05) is 0 Å². The molecule has 0 N–H and O–H groups in total. The van der Waals surface area contributed by atoms with Gasteiger partial charge in [0.15, 0.2) is 11.4 Å². The van der Waals surface area contributed by atoms with E-state index in [1.807, 2.05) is 0 Å². The first-order chi connectivity index (χ1) is 6.60. The maximum atomic E-state index is 12.3. The number of aryl methyl sites for hydroxylation is 1. The molecule has 0 unspecified atom stereocenters. The normalized spacial score (nSPS) is 10.0. The van der Waals surface area contributed by atoms with Gasteiger partial charge in [-0.2, -0.15) is 5.26 Å². The molecule has 1 aromatic heterocycles. The molecular weight excluding hydrogens is 190 g/mol. The van der Waals surface area contributed by atoms with Gasteiger partial charge in [0.2, 0.25) is 0 Å². The van der Waals surface area contributed by atoms with Gasteiger partial charge in [0.05, 0.1) is 7.11 Å². The number of nitriles is 1. The van der Waals surface area contributed by atoms with Gasteiger partial charge in [-0.3, -0.25) is 0 Å². The van der Waals surface area contributed by atoms with Crippen LogP contribution in [0.5, 0.6) is 5.75 Å². The predicted octanol–water partition coefficient (Wildman–Crippen LogP) is 2.21. The minimum atomic E-state index is -2.67. The summed E-state index contributed by atoms with van der Waals surface area (Å²) in [5.41, 5.74) is -0.0306. The summed E-state index contributed by atoms with van der Waals surface area (Å²) in [5, 5.41) is 8.64. The highest BCUT2D eigenvalue weighted by Crippen LogP contribution is 2.26. The summed E-state index contributed by atoms with van der Waals surface area (Å²) in [7, 11) is 1.37. The largest absolute Gasteiger partial charge is 0.493 e. The predicted molar refractivity (Wildman–Crippen MR) is 45.2 cm³/mol. The fourth-order valence-corrected chi connectivity index (χ4v) is 1.13. The van der Waals surface area contributed by atoms with Crippen molar-refractivity contribution < 1.29 is 13.5 Å². The highest BCUT2D eigenvalue weighted by Gasteiger charge is 2.15. The Hall–Kier alpha value is -1.70. The van der Waals surface area contributed by atoms with Crippen LogP contribution in [0, 0.1) is 18.3 Å². The molecule has 0 aliphatic heterocycles. The lowest BCUT2D eigenvalue weighted by Gasteiger charge is -2.07. The van der Waals surface area contributed by atoms with Gasteiger partial charge < -0.3 is 4.74 Å². The Kier molecular flexibility index (Phi) is 2.97. The average molecular weight is 198 g/mol. The molecule has 1 aromatic rings. The number of rotatable bonds is 2. The summed E-state index contributed by atoms with van der Waals surface area (Å²) < 4.78 is 29.4. The topological polar surface area (TPSA) is 45.9 Å².